The zero-order valence-electron chi connectivity index (χ0n) is 17.4. The fourth-order valence-corrected chi connectivity index (χ4v) is 7.56. The topological polar surface area (TPSA) is 104 Å². The van der Waals surface area contributed by atoms with E-state index in [9.17, 15) is 36.6 Å². The van der Waals surface area contributed by atoms with E-state index >= 15 is 0 Å². The van der Waals surface area contributed by atoms with Crippen LogP contribution in [0.2, 0.25) is 5.02 Å². The Bertz CT molecular complexity index is 1200. The van der Waals surface area contributed by atoms with Crippen molar-refractivity contribution in [2.75, 3.05) is 11.9 Å². The smallest absolute Gasteiger partial charge is 0.255 e. The number of carbonyl (C=O) groups excluding carboxylic acids is 1. The van der Waals surface area contributed by atoms with E-state index in [1.54, 1.807) is 0 Å². The number of fused-ring (bicyclic) bond motifs is 2. The molecule has 178 valence electrons. The molecule has 33 heavy (non-hydrogen) atoms. The van der Waals surface area contributed by atoms with Gasteiger partial charge in [0.25, 0.3) is 5.91 Å². The number of aliphatic hydroxyl groups excluding tert-OH is 1. The highest BCUT2D eigenvalue weighted by Crippen LogP contribution is 2.59. The van der Waals surface area contributed by atoms with Gasteiger partial charge in [-0.2, -0.15) is 0 Å². The molecule has 3 fully saturated rings. The molecule has 0 radical (unpaired) electrons. The summed E-state index contributed by atoms with van der Waals surface area (Å²) in [4.78, 5) is 12.3. The van der Waals surface area contributed by atoms with Crippen molar-refractivity contribution in [2.24, 2.45) is 17.8 Å². The van der Waals surface area contributed by atoms with Gasteiger partial charge in [0.2, 0.25) is 0 Å². The number of sulfone groups is 1. The summed E-state index contributed by atoms with van der Waals surface area (Å²) >= 11 is 6.14. The third-order valence-corrected chi connectivity index (χ3v) is 9.68. The van der Waals surface area contributed by atoms with Gasteiger partial charge in [0, 0.05) is 23.4 Å². The lowest BCUT2D eigenvalue weighted by Gasteiger charge is -2.62. The van der Waals surface area contributed by atoms with Crippen LogP contribution in [0.5, 0.6) is 0 Å². The summed E-state index contributed by atoms with van der Waals surface area (Å²) in [7, 11) is -4.00. The number of rotatable bonds is 5. The van der Waals surface area contributed by atoms with E-state index in [1.165, 1.54) is 12.1 Å². The number of carbonyl (C=O) groups is 1. The first-order chi connectivity index (χ1) is 15.4. The van der Waals surface area contributed by atoms with Crippen LogP contribution in [0.1, 0.15) is 30.1 Å². The first-order valence-corrected chi connectivity index (χ1v) is 12.1. The molecule has 3 aliphatic rings. The average molecular weight is 504 g/mol. The van der Waals surface area contributed by atoms with Crippen LogP contribution < -0.4 is 5.32 Å². The normalized spacial score (nSPS) is 28.8. The average Bonchev–Trinajstić information content (AvgIpc) is 2.77. The van der Waals surface area contributed by atoms with Gasteiger partial charge in [0.05, 0.1) is 27.4 Å². The molecule has 2 bridgehead atoms. The molecule has 2 aromatic carbocycles. The minimum absolute atomic E-state index is 0.0673. The molecule has 0 aliphatic heterocycles. The zero-order valence-corrected chi connectivity index (χ0v) is 18.9. The Kier molecular flexibility index (Phi) is 6.01. The second-order valence-corrected chi connectivity index (χ2v) is 11.3. The largest absolute Gasteiger partial charge is 0.393 e. The summed E-state index contributed by atoms with van der Waals surface area (Å²) in [6.45, 7) is 1.46. The lowest BCUT2D eigenvalue weighted by Crippen LogP contribution is -2.68. The predicted octanol–water partition coefficient (Wildman–Crippen LogP) is 3.55. The summed E-state index contributed by atoms with van der Waals surface area (Å²) in [5.74, 6) is -6.22. The maximum Gasteiger partial charge on any atom is 0.255 e. The molecule has 0 aromatic heterocycles. The number of amides is 1. The van der Waals surface area contributed by atoms with Crippen molar-refractivity contribution in [1.82, 2.24) is 0 Å². The van der Waals surface area contributed by atoms with Crippen LogP contribution in [0.25, 0.3) is 0 Å². The van der Waals surface area contributed by atoms with Crippen molar-refractivity contribution in [3.63, 3.8) is 0 Å². The molecule has 3 N–H and O–H groups in total. The van der Waals surface area contributed by atoms with Gasteiger partial charge >= 0.3 is 0 Å². The number of benzene rings is 2. The molecule has 2 aromatic rings. The quantitative estimate of drug-likeness (QED) is 0.541. The van der Waals surface area contributed by atoms with Gasteiger partial charge in [-0.05, 0) is 48.8 Å². The Morgan fingerprint density at radius 1 is 1.15 bits per heavy atom. The first-order valence-electron chi connectivity index (χ1n) is 10.2. The Hall–Kier alpha value is -2.14. The molecule has 2 unspecified atom stereocenters. The standard InChI is InChI=1S/C22H21ClF3NO5S/c1-10-14-7-13(8-15(10)22(14,30)9-28)33(31,32)19-4-11(2-3-16(19)23)21(29)27-12-5-17(24)20(26)18(25)6-12/h2-6,10,13-15,28,30H,7-9H2,1H3,(H,27,29)/t10-,13-,14?,15?,22-. The van der Waals surface area contributed by atoms with Crippen molar-refractivity contribution in [2.45, 2.75) is 35.5 Å². The van der Waals surface area contributed by atoms with E-state index in [4.69, 9.17) is 11.6 Å². The van der Waals surface area contributed by atoms with E-state index in [0.717, 1.165) is 6.07 Å². The van der Waals surface area contributed by atoms with Crippen LogP contribution in [0.4, 0.5) is 18.9 Å². The van der Waals surface area contributed by atoms with Gasteiger partial charge in [0.1, 0.15) is 0 Å². The summed E-state index contributed by atoms with van der Waals surface area (Å²) < 4.78 is 66.6. The van der Waals surface area contributed by atoms with Crippen molar-refractivity contribution < 1.29 is 36.6 Å². The van der Waals surface area contributed by atoms with E-state index in [1.807, 2.05) is 6.92 Å². The minimum Gasteiger partial charge on any atom is -0.393 e. The summed E-state index contributed by atoms with van der Waals surface area (Å²) in [5.41, 5.74) is -1.78. The summed E-state index contributed by atoms with van der Waals surface area (Å²) in [6.07, 6.45) is 0.274. The predicted molar refractivity (Wildman–Crippen MR) is 114 cm³/mol. The molecular formula is C22H21ClF3NO5S. The van der Waals surface area contributed by atoms with Crippen LogP contribution in [-0.2, 0) is 9.84 Å². The Labute approximate surface area is 193 Å². The summed E-state index contributed by atoms with van der Waals surface area (Å²) in [6, 6.07) is 4.75. The van der Waals surface area contributed by atoms with E-state index in [2.05, 4.69) is 5.32 Å². The Balaban J connectivity index is 1.59. The fraction of sp³-hybridized carbons (Fsp3) is 0.409. The highest BCUT2D eigenvalue weighted by Gasteiger charge is 2.64. The first kappa shape index (κ1) is 24.0. The van der Waals surface area contributed by atoms with Crippen LogP contribution in [0.3, 0.4) is 0 Å². The molecule has 2 atom stereocenters. The number of halogens is 4. The molecular weight excluding hydrogens is 483 g/mol. The van der Waals surface area contributed by atoms with Crippen molar-refractivity contribution in [3.8, 4) is 0 Å². The summed E-state index contributed by atoms with van der Waals surface area (Å²) in [5, 5.41) is 21.4. The maximum absolute atomic E-state index is 13.4. The molecule has 0 saturated heterocycles. The fourth-order valence-electron chi connectivity index (χ4n) is 5.21. The van der Waals surface area contributed by atoms with Crippen molar-refractivity contribution in [3.05, 3.63) is 58.4 Å². The molecule has 6 nitrogen and oxygen atoms in total. The van der Waals surface area contributed by atoms with Crippen LogP contribution in [0, 0.1) is 35.2 Å². The van der Waals surface area contributed by atoms with Gasteiger partial charge in [-0.25, -0.2) is 21.6 Å². The number of hydrogen-bond acceptors (Lipinski definition) is 5. The van der Waals surface area contributed by atoms with Gasteiger partial charge < -0.3 is 15.5 Å². The minimum atomic E-state index is -4.00. The number of hydrogen-bond donors (Lipinski definition) is 3. The number of anilines is 1. The molecule has 0 spiro atoms. The van der Waals surface area contributed by atoms with Gasteiger partial charge in [0.15, 0.2) is 27.3 Å². The Morgan fingerprint density at radius 2 is 1.73 bits per heavy atom. The monoisotopic (exact) mass is 503 g/mol. The lowest BCUT2D eigenvalue weighted by molar-refractivity contribution is -0.233. The van der Waals surface area contributed by atoms with E-state index < -0.39 is 50.7 Å². The van der Waals surface area contributed by atoms with Gasteiger partial charge in [-0.15, -0.1) is 0 Å². The third-order valence-electron chi connectivity index (χ3n) is 7.02. The highest BCUT2D eigenvalue weighted by molar-refractivity contribution is 7.92. The zero-order chi connectivity index (χ0) is 24.3. The van der Waals surface area contributed by atoms with Crippen molar-refractivity contribution in [1.29, 1.82) is 0 Å². The van der Waals surface area contributed by atoms with Gasteiger partial charge in [-0.3, -0.25) is 4.79 Å². The van der Waals surface area contributed by atoms with E-state index in [0.29, 0.717) is 12.1 Å². The molecule has 3 saturated carbocycles. The number of aliphatic hydroxyl groups is 2. The molecule has 0 heterocycles. The maximum atomic E-state index is 13.4. The Morgan fingerprint density at radius 3 is 2.27 bits per heavy atom. The van der Waals surface area contributed by atoms with Crippen LogP contribution in [-0.4, -0.2) is 42.0 Å². The van der Waals surface area contributed by atoms with Crippen LogP contribution >= 0.6 is 11.6 Å². The second kappa shape index (κ2) is 8.26. The number of nitrogens with one attached hydrogen (secondary N) is 1. The molecule has 5 rings (SSSR count). The van der Waals surface area contributed by atoms with E-state index in [-0.39, 0.29) is 51.8 Å². The van der Waals surface area contributed by atoms with Gasteiger partial charge in [-0.1, -0.05) is 18.5 Å². The van der Waals surface area contributed by atoms with Crippen molar-refractivity contribution >= 4 is 33.0 Å². The second-order valence-electron chi connectivity index (χ2n) is 8.71. The molecule has 1 amide bonds. The SMILES string of the molecule is C[C@H]1C2C[C@H](S(=O)(=O)c3cc(C(=O)Nc4cc(F)c(F)c(F)c4)ccc3Cl)CC1[C@]2(O)CO. The highest BCUT2D eigenvalue weighted by atomic mass is 35.5. The third kappa shape index (κ3) is 3.82. The molecule has 11 heteroatoms. The molecule has 3 aliphatic carbocycles. The lowest BCUT2D eigenvalue weighted by atomic mass is 9.48. The van der Waals surface area contributed by atoms with Crippen LogP contribution in [0.15, 0.2) is 35.2 Å².